The molecule has 0 amide bonds. The van der Waals surface area contributed by atoms with Crippen LogP contribution in [0.3, 0.4) is 0 Å². The van der Waals surface area contributed by atoms with Crippen LogP contribution in [-0.2, 0) is 6.42 Å². The zero-order valence-corrected chi connectivity index (χ0v) is 18.2. The molecule has 0 fully saturated rings. The predicted octanol–water partition coefficient (Wildman–Crippen LogP) is 7.79. The zero-order valence-electron chi connectivity index (χ0n) is 18.2. The fourth-order valence-corrected chi connectivity index (χ4v) is 4.28. The van der Waals surface area contributed by atoms with Gasteiger partial charge < -0.3 is 4.42 Å². The van der Waals surface area contributed by atoms with Crippen LogP contribution < -0.4 is 0 Å². The first-order valence-corrected chi connectivity index (χ1v) is 10.8. The van der Waals surface area contributed by atoms with E-state index in [1.54, 1.807) is 6.08 Å². The maximum absolute atomic E-state index is 6.10. The molecule has 0 atom stereocenters. The molecule has 4 rings (SSSR count). The van der Waals surface area contributed by atoms with Gasteiger partial charge in [-0.15, -0.1) is 0 Å². The van der Waals surface area contributed by atoms with Gasteiger partial charge in [-0.05, 0) is 98.2 Å². The van der Waals surface area contributed by atoms with Crippen LogP contribution in [0.5, 0.6) is 0 Å². The van der Waals surface area contributed by atoms with Crippen molar-refractivity contribution < 1.29 is 4.42 Å². The van der Waals surface area contributed by atoms with Crippen molar-refractivity contribution >= 4 is 11.6 Å². The van der Waals surface area contributed by atoms with E-state index in [1.807, 2.05) is 13.1 Å². The Kier molecular flexibility index (Phi) is 5.85. The minimum Gasteiger partial charge on any atom is -0.461 e. The van der Waals surface area contributed by atoms with Crippen LogP contribution in [0, 0.1) is 6.92 Å². The lowest BCUT2D eigenvalue weighted by Gasteiger charge is -2.09. The molecule has 0 bridgehead atoms. The second-order valence-electron chi connectivity index (χ2n) is 8.07. The zero-order chi connectivity index (χ0) is 21.1. The molecule has 0 aliphatic heterocycles. The largest absolute Gasteiger partial charge is 0.461 e. The van der Waals surface area contributed by atoms with Crippen molar-refractivity contribution in [1.29, 1.82) is 0 Å². The lowest BCUT2D eigenvalue weighted by atomic mass is 9.96. The summed E-state index contributed by atoms with van der Waals surface area (Å²) in [6.07, 6.45) is 10.2. The van der Waals surface area contributed by atoms with Crippen LogP contribution in [0.1, 0.15) is 61.5 Å². The summed E-state index contributed by atoms with van der Waals surface area (Å²) >= 11 is 0. The molecular weight excluding hydrogens is 366 g/mol. The molecule has 152 valence electrons. The second kappa shape index (κ2) is 8.71. The fourth-order valence-electron chi connectivity index (χ4n) is 4.28. The smallest absolute Gasteiger partial charge is 0.134 e. The Labute approximate surface area is 179 Å². The van der Waals surface area contributed by atoms with Gasteiger partial charge in [0.1, 0.15) is 11.5 Å². The Hall–Kier alpha value is -3.13. The fraction of sp³-hybridized carbons (Fsp3) is 0.250. The quantitative estimate of drug-likeness (QED) is 0.382. The van der Waals surface area contributed by atoms with E-state index in [2.05, 4.69) is 74.0 Å². The summed E-state index contributed by atoms with van der Waals surface area (Å²) in [4.78, 5) is 4.34. The van der Waals surface area contributed by atoms with Crippen LogP contribution in [-0.4, -0.2) is 4.98 Å². The van der Waals surface area contributed by atoms with Crippen LogP contribution in [0.4, 0.5) is 0 Å². The number of furan rings is 1. The second-order valence-corrected chi connectivity index (χ2v) is 8.07. The molecule has 0 saturated carbocycles. The number of nitrogens with zero attached hydrogens (tertiary/aromatic N) is 1. The van der Waals surface area contributed by atoms with E-state index in [0.29, 0.717) is 0 Å². The average Bonchev–Trinajstić information content (AvgIpc) is 3.34. The van der Waals surface area contributed by atoms with Crippen LogP contribution >= 0.6 is 0 Å². The molecule has 30 heavy (non-hydrogen) atoms. The van der Waals surface area contributed by atoms with Crippen molar-refractivity contribution in [3.05, 3.63) is 101 Å². The third kappa shape index (κ3) is 4.09. The SMILES string of the molecule is C=Cc1cc(-c2ccc3c(c2)C(c2ccc(C)o2)=C(CC/C(C)=C/CC)C3)ccn1. The van der Waals surface area contributed by atoms with E-state index >= 15 is 0 Å². The molecule has 0 saturated heterocycles. The van der Waals surface area contributed by atoms with E-state index in [1.165, 1.54) is 33.4 Å². The van der Waals surface area contributed by atoms with Crippen molar-refractivity contribution in [2.45, 2.75) is 46.5 Å². The Morgan fingerprint density at radius 3 is 2.70 bits per heavy atom. The molecule has 0 radical (unpaired) electrons. The molecule has 0 unspecified atom stereocenters. The molecule has 1 aromatic carbocycles. The maximum Gasteiger partial charge on any atom is 0.134 e. The highest BCUT2D eigenvalue weighted by Gasteiger charge is 2.25. The topological polar surface area (TPSA) is 26.0 Å². The van der Waals surface area contributed by atoms with Gasteiger partial charge in [0, 0.05) is 11.8 Å². The van der Waals surface area contributed by atoms with E-state index in [0.717, 1.165) is 48.5 Å². The third-order valence-electron chi connectivity index (χ3n) is 5.82. The van der Waals surface area contributed by atoms with Gasteiger partial charge in [0.05, 0.1) is 5.69 Å². The number of aryl methyl sites for hydroxylation is 1. The molecule has 2 nitrogen and oxygen atoms in total. The molecule has 2 aromatic heterocycles. The lowest BCUT2D eigenvalue weighted by Crippen LogP contribution is -1.90. The molecule has 0 spiro atoms. The summed E-state index contributed by atoms with van der Waals surface area (Å²) in [5, 5.41) is 0. The van der Waals surface area contributed by atoms with Gasteiger partial charge in [0.15, 0.2) is 0 Å². The molecule has 0 N–H and O–H groups in total. The number of fused-ring (bicyclic) bond motifs is 1. The first-order chi connectivity index (χ1) is 14.6. The maximum atomic E-state index is 6.10. The van der Waals surface area contributed by atoms with Crippen molar-refractivity contribution in [3.8, 4) is 11.1 Å². The number of hydrogen-bond acceptors (Lipinski definition) is 2. The van der Waals surface area contributed by atoms with Gasteiger partial charge in [-0.25, -0.2) is 0 Å². The monoisotopic (exact) mass is 395 g/mol. The number of rotatable bonds is 7. The molecule has 3 aromatic rings. The highest BCUT2D eigenvalue weighted by molar-refractivity contribution is 5.87. The van der Waals surface area contributed by atoms with Gasteiger partial charge >= 0.3 is 0 Å². The number of hydrogen-bond donors (Lipinski definition) is 0. The summed E-state index contributed by atoms with van der Waals surface area (Å²) < 4.78 is 6.10. The predicted molar refractivity (Wildman–Crippen MR) is 126 cm³/mol. The van der Waals surface area contributed by atoms with Crippen molar-refractivity contribution in [2.75, 3.05) is 0 Å². The Bertz CT molecular complexity index is 1140. The summed E-state index contributed by atoms with van der Waals surface area (Å²) in [6, 6.07) is 15.1. The van der Waals surface area contributed by atoms with E-state index < -0.39 is 0 Å². The molecular formula is C28H29NO. The van der Waals surface area contributed by atoms with Crippen LogP contribution in [0.15, 0.2) is 76.9 Å². The van der Waals surface area contributed by atoms with Crippen molar-refractivity contribution in [1.82, 2.24) is 4.98 Å². The van der Waals surface area contributed by atoms with Crippen molar-refractivity contribution in [3.63, 3.8) is 0 Å². The van der Waals surface area contributed by atoms with Gasteiger partial charge in [-0.3, -0.25) is 4.98 Å². The summed E-state index contributed by atoms with van der Waals surface area (Å²) in [7, 11) is 0. The Balaban J connectivity index is 1.76. The minimum absolute atomic E-state index is 0.893. The summed E-state index contributed by atoms with van der Waals surface area (Å²) in [5.41, 5.74) is 10.1. The molecule has 1 aliphatic carbocycles. The number of pyridine rings is 1. The Morgan fingerprint density at radius 1 is 1.13 bits per heavy atom. The molecule has 2 heteroatoms. The van der Waals surface area contributed by atoms with Gasteiger partial charge in [0.2, 0.25) is 0 Å². The number of allylic oxidation sites excluding steroid dienone is 3. The van der Waals surface area contributed by atoms with Gasteiger partial charge in [-0.2, -0.15) is 0 Å². The summed E-state index contributed by atoms with van der Waals surface area (Å²) in [5.74, 6) is 1.94. The van der Waals surface area contributed by atoms with Crippen LogP contribution in [0.2, 0.25) is 0 Å². The van der Waals surface area contributed by atoms with E-state index in [9.17, 15) is 0 Å². The van der Waals surface area contributed by atoms with Crippen LogP contribution in [0.25, 0.3) is 22.8 Å². The highest BCUT2D eigenvalue weighted by atomic mass is 16.3. The highest BCUT2D eigenvalue weighted by Crippen LogP contribution is 2.42. The van der Waals surface area contributed by atoms with E-state index in [4.69, 9.17) is 4.42 Å². The normalized spacial score (nSPS) is 13.6. The standard InChI is InChI=1S/C28H29NO/c1-5-7-19(3)8-10-24-16-23-12-11-21(22-14-15-29-25(6-2)17-22)18-26(23)28(24)27-13-9-20(4)30-27/h6-7,9,11-15,17-18H,2,5,8,10,16H2,1,3-4H3/b19-7+. The number of aromatic nitrogens is 1. The van der Waals surface area contributed by atoms with Gasteiger partial charge in [-0.1, -0.05) is 42.9 Å². The average molecular weight is 396 g/mol. The molecule has 2 heterocycles. The minimum atomic E-state index is 0.893. The summed E-state index contributed by atoms with van der Waals surface area (Å²) in [6.45, 7) is 10.3. The lowest BCUT2D eigenvalue weighted by molar-refractivity contribution is 0.521. The molecule has 1 aliphatic rings. The van der Waals surface area contributed by atoms with Crippen molar-refractivity contribution in [2.24, 2.45) is 0 Å². The van der Waals surface area contributed by atoms with E-state index in [-0.39, 0.29) is 0 Å². The Morgan fingerprint density at radius 2 is 1.97 bits per heavy atom. The first-order valence-electron chi connectivity index (χ1n) is 10.8. The first kappa shape index (κ1) is 20.2. The third-order valence-corrected chi connectivity index (χ3v) is 5.82. The van der Waals surface area contributed by atoms with Gasteiger partial charge in [0.25, 0.3) is 0 Å². The number of benzene rings is 1.